The van der Waals surface area contributed by atoms with Gasteiger partial charge in [0.05, 0.1) is 14.2 Å². The predicted octanol–water partition coefficient (Wildman–Crippen LogP) is 5.43. The Labute approximate surface area is 203 Å². The Morgan fingerprint density at radius 3 is 1.91 bits per heavy atom. The van der Waals surface area contributed by atoms with Gasteiger partial charge in [0, 0.05) is 22.1 Å². The van der Waals surface area contributed by atoms with Crippen LogP contribution in [0.3, 0.4) is 0 Å². The van der Waals surface area contributed by atoms with Crippen molar-refractivity contribution in [2.75, 3.05) is 14.2 Å². The van der Waals surface area contributed by atoms with Crippen molar-refractivity contribution in [1.82, 2.24) is 0 Å². The zero-order chi connectivity index (χ0) is 24.7. The summed E-state index contributed by atoms with van der Waals surface area (Å²) < 4.78 is 18.7. The summed E-state index contributed by atoms with van der Waals surface area (Å²) in [6, 6.07) is 22.4. The third-order valence-corrected chi connectivity index (χ3v) is 7.68. The molecule has 0 saturated carbocycles. The molecule has 0 aliphatic heterocycles. The van der Waals surface area contributed by atoms with Crippen LogP contribution in [-0.4, -0.2) is 29.3 Å². The van der Waals surface area contributed by atoms with Crippen molar-refractivity contribution in [1.29, 1.82) is 0 Å². The Bertz CT molecular complexity index is 1100. The van der Waals surface area contributed by atoms with Gasteiger partial charge in [-0.05, 0) is 33.8 Å². The summed E-state index contributed by atoms with van der Waals surface area (Å²) in [6.07, 6.45) is 0.468. The maximum atomic E-state index is 8.92. The molecule has 6 nitrogen and oxygen atoms in total. The van der Waals surface area contributed by atoms with Gasteiger partial charge >= 0.3 is 9.04 Å². The molecular formula is C27H32N3O3Si. The fourth-order valence-corrected chi connectivity index (χ4v) is 5.86. The van der Waals surface area contributed by atoms with E-state index in [0.717, 1.165) is 21.5 Å². The molecule has 0 N–H and O–H groups in total. The highest BCUT2D eigenvalue weighted by Crippen LogP contribution is 2.46. The lowest BCUT2D eigenvalue weighted by molar-refractivity contribution is 0.365. The molecule has 1 atom stereocenters. The van der Waals surface area contributed by atoms with Crippen LogP contribution in [0.25, 0.3) is 10.4 Å². The van der Waals surface area contributed by atoms with Crippen molar-refractivity contribution >= 4 is 19.4 Å². The van der Waals surface area contributed by atoms with E-state index in [4.69, 9.17) is 19.4 Å². The monoisotopic (exact) mass is 474 g/mol. The minimum Gasteiger partial charge on any atom is -0.530 e. The Morgan fingerprint density at radius 1 is 0.912 bits per heavy atom. The van der Waals surface area contributed by atoms with Crippen LogP contribution in [-0.2, 0) is 11.8 Å². The number of nitrogens with zero attached hydrogens (tertiary/aromatic N) is 3. The fraction of sp³-hybridized carbons (Fsp3) is 0.333. The van der Waals surface area contributed by atoms with Gasteiger partial charge in [-0.25, -0.2) is 0 Å². The molecule has 3 aromatic carbocycles. The Morgan fingerprint density at radius 2 is 1.47 bits per heavy atom. The first-order valence-corrected chi connectivity index (χ1v) is 12.7. The summed E-state index contributed by atoms with van der Waals surface area (Å²) in [7, 11) is 1.65. The molecule has 3 aromatic rings. The second kappa shape index (κ2) is 11.1. The number of benzene rings is 3. The molecule has 0 fully saturated rings. The van der Waals surface area contributed by atoms with Gasteiger partial charge in [0.1, 0.15) is 5.75 Å². The molecule has 0 bridgehead atoms. The van der Waals surface area contributed by atoms with Gasteiger partial charge in [-0.3, -0.25) is 0 Å². The van der Waals surface area contributed by atoms with Crippen LogP contribution in [0, 0.1) is 0 Å². The summed E-state index contributed by atoms with van der Waals surface area (Å²) in [4.78, 5) is 2.97. The zero-order valence-electron chi connectivity index (χ0n) is 20.7. The number of hydrogen-bond donors (Lipinski definition) is 0. The van der Waals surface area contributed by atoms with Crippen molar-refractivity contribution in [3.63, 3.8) is 0 Å². The minimum atomic E-state index is -1.64. The van der Waals surface area contributed by atoms with E-state index in [0.29, 0.717) is 23.7 Å². The first-order valence-electron chi connectivity index (χ1n) is 11.3. The lowest BCUT2D eigenvalue weighted by Crippen LogP contribution is -2.47. The van der Waals surface area contributed by atoms with E-state index in [9.17, 15) is 0 Å². The molecule has 0 heterocycles. The molecule has 0 amide bonds. The van der Waals surface area contributed by atoms with Crippen molar-refractivity contribution in [2.45, 2.75) is 45.6 Å². The molecule has 0 aromatic heterocycles. The molecule has 0 spiro atoms. The standard InChI is InChI=1S/C27H32N3O3Si/c1-19(29-30-28)17-22-24(31-5)18-23(27(2,3)4)26(25(22)32-6)33-34(20-13-9-7-10-14-20)21-15-11-8-12-16-21/h7-16,18-19H,17H2,1-6H3. The van der Waals surface area contributed by atoms with E-state index in [1.54, 1.807) is 14.2 Å². The van der Waals surface area contributed by atoms with E-state index < -0.39 is 9.04 Å². The molecule has 34 heavy (non-hydrogen) atoms. The van der Waals surface area contributed by atoms with E-state index in [1.165, 1.54) is 0 Å². The largest absolute Gasteiger partial charge is 0.530 e. The van der Waals surface area contributed by atoms with E-state index >= 15 is 0 Å². The van der Waals surface area contributed by atoms with Gasteiger partial charge in [-0.2, -0.15) is 0 Å². The molecule has 1 radical (unpaired) electrons. The molecule has 3 rings (SSSR count). The van der Waals surface area contributed by atoms with Gasteiger partial charge < -0.3 is 13.9 Å². The minimum absolute atomic E-state index is 0.231. The highest BCUT2D eigenvalue weighted by atomic mass is 28.3. The average Bonchev–Trinajstić information content (AvgIpc) is 2.83. The quantitative estimate of drug-likeness (QED) is 0.180. The van der Waals surface area contributed by atoms with Crippen LogP contribution in [0.2, 0.25) is 0 Å². The molecule has 7 heteroatoms. The fourth-order valence-electron chi connectivity index (χ4n) is 3.89. The van der Waals surface area contributed by atoms with Gasteiger partial charge in [0.15, 0.2) is 11.5 Å². The summed E-state index contributed by atoms with van der Waals surface area (Å²) in [6.45, 7) is 8.31. The Kier molecular flexibility index (Phi) is 8.26. The van der Waals surface area contributed by atoms with E-state index in [2.05, 4.69) is 55.1 Å². The van der Waals surface area contributed by atoms with Crippen molar-refractivity contribution in [2.24, 2.45) is 5.11 Å². The van der Waals surface area contributed by atoms with E-state index in [-0.39, 0.29) is 11.5 Å². The summed E-state index contributed by atoms with van der Waals surface area (Å²) >= 11 is 0. The SMILES string of the molecule is COc1cc(C(C)(C)C)c(O[Si](c2ccccc2)c2ccccc2)c(OC)c1CC(C)N=[N+]=[N-]. The summed E-state index contributed by atoms with van der Waals surface area (Å²) in [5, 5.41) is 6.14. The van der Waals surface area contributed by atoms with Crippen LogP contribution in [0.4, 0.5) is 0 Å². The normalized spacial score (nSPS) is 12.1. The molecule has 0 aliphatic carbocycles. The topological polar surface area (TPSA) is 76.5 Å². The molecule has 0 saturated heterocycles. The third-order valence-electron chi connectivity index (χ3n) is 5.55. The number of hydrogen-bond acceptors (Lipinski definition) is 4. The first-order chi connectivity index (χ1) is 16.3. The second-order valence-corrected chi connectivity index (χ2v) is 11.2. The van der Waals surface area contributed by atoms with Crippen LogP contribution < -0.4 is 24.3 Å². The summed E-state index contributed by atoms with van der Waals surface area (Å²) in [5.41, 5.74) is 10.5. The molecular weight excluding hydrogens is 442 g/mol. The van der Waals surface area contributed by atoms with Gasteiger partial charge in [-0.15, -0.1) is 0 Å². The third kappa shape index (κ3) is 5.74. The van der Waals surface area contributed by atoms with Crippen LogP contribution in [0.1, 0.15) is 38.8 Å². The lowest BCUT2D eigenvalue weighted by Gasteiger charge is -2.30. The summed E-state index contributed by atoms with van der Waals surface area (Å²) in [5.74, 6) is 2.03. The van der Waals surface area contributed by atoms with Crippen molar-refractivity contribution < 1.29 is 13.9 Å². The Balaban J connectivity index is 2.25. The van der Waals surface area contributed by atoms with Crippen LogP contribution in [0.15, 0.2) is 71.8 Å². The maximum absolute atomic E-state index is 8.92. The van der Waals surface area contributed by atoms with Gasteiger partial charge in [-0.1, -0.05) is 93.5 Å². The number of azide groups is 1. The molecule has 1 unspecified atom stereocenters. The van der Waals surface area contributed by atoms with E-state index in [1.807, 2.05) is 49.4 Å². The van der Waals surface area contributed by atoms with Crippen LogP contribution >= 0.6 is 0 Å². The molecule has 177 valence electrons. The average molecular weight is 475 g/mol. The van der Waals surface area contributed by atoms with Gasteiger partial charge in [0.25, 0.3) is 0 Å². The Hall–Kier alpha value is -3.41. The predicted molar refractivity (Wildman–Crippen MR) is 139 cm³/mol. The lowest BCUT2D eigenvalue weighted by atomic mass is 9.84. The number of rotatable bonds is 9. The van der Waals surface area contributed by atoms with Crippen LogP contribution in [0.5, 0.6) is 17.2 Å². The first kappa shape index (κ1) is 25.2. The number of methoxy groups -OCH3 is 2. The highest BCUT2D eigenvalue weighted by Gasteiger charge is 2.31. The number of ether oxygens (including phenoxy) is 2. The van der Waals surface area contributed by atoms with Crippen molar-refractivity contribution in [3.05, 3.63) is 88.3 Å². The smallest absolute Gasteiger partial charge is 0.352 e. The zero-order valence-corrected chi connectivity index (χ0v) is 21.7. The van der Waals surface area contributed by atoms with Gasteiger partial charge in [0.2, 0.25) is 0 Å². The second-order valence-electron chi connectivity index (χ2n) is 9.14. The molecule has 0 aliphatic rings. The highest BCUT2D eigenvalue weighted by molar-refractivity contribution is 6.80. The maximum Gasteiger partial charge on any atom is 0.352 e. The van der Waals surface area contributed by atoms with Crippen molar-refractivity contribution in [3.8, 4) is 17.2 Å².